The number of carboxylic acid groups (broad SMARTS) is 1. The molecule has 0 aliphatic carbocycles. The fourth-order valence-electron chi connectivity index (χ4n) is 4.21. The van der Waals surface area contributed by atoms with Gasteiger partial charge in [0, 0.05) is 41.7 Å². The highest BCUT2D eigenvalue weighted by atomic mass is 35.5. The molecule has 0 saturated heterocycles. The normalized spacial score (nSPS) is 13.7. The molecule has 2 N–H and O–H groups in total. The number of carboxylic acids is 1. The van der Waals surface area contributed by atoms with Crippen molar-refractivity contribution in [3.63, 3.8) is 0 Å². The molecule has 2 rings (SSSR count). The largest absolute Gasteiger partial charge is 0.497 e. The van der Waals surface area contributed by atoms with E-state index in [4.69, 9.17) is 16.3 Å². The molecule has 0 heterocycles. The maximum absolute atomic E-state index is 13.4. The number of carbonyl (C=O) groups excluding carboxylic acids is 4. The van der Waals surface area contributed by atoms with Gasteiger partial charge in [0.15, 0.2) is 11.6 Å². The number of halogens is 4. The first kappa shape index (κ1) is 33.5. The standard InChI is InChI=1S/C29H31ClF3NO7/c1-16(2)22(27(39)29(31,32)33)15-24(36)26(17-7-10-21(41-3)11-8-17)34-28(40)19(9-12-25(37)38)14-23(35)18-5-4-6-20(30)13-18/h4-8,10-11,13,16,19,22,26H,9,12,14-15H2,1-3H3,(H,34,40)(H,37,38)/t19-,22+,26+/m1/s1. The number of hydrogen-bond acceptors (Lipinski definition) is 6. The van der Waals surface area contributed by atoms with Crippen molar-refractivity contribution in [3.05, 3.63) is 64.7 Å². The van der Waals surface area contributed by atoms with E-state index in [1.165, 1.54) is 63.4 Å². The molecule has 41 heavy (non-hydrogen) atoms. The molecule has 3 atom stereocenters. The van der Waals surface area contributed by atoms with Gasteiger partial charge in [0.1, 0.15) is 11.8 Å². The Balaban J connectivity index is 2.40. The van der Waals surface area contributed by atoms with Gasteiger partial charge in [0.2, 0.25) is 11.7 Å². The van der Waals surface area contributed by atoms with E-state index < -0.39 is 78.5 Å². The van der Waals surface area contributed by atoms with E-state index in [2.05, 4.69) is 5.32 Å². The summed E-state index contributed by atoms with van der Waals surface area (Å²) in [4.78, 5) is 63.0. The number of methoxy groups -OCH3 is 1. The van der Waals surface area contributed by atoms with Gasteiger partial charge in [0.25, 0.3) is 0 Å². The predicted molar refractivity (Wildman–Crippen MR) is 144 cm³/mol. The molecule has 0 unspecified atom stereocenters. The Morgan fingerprint density at radius 3 is 2.15 bits per heavy atom. The number of ketones is 3. The van der Waals surface area contributed by atoms with E-state index in [-0.39, 0.29) is 22.6 Å². The average Bonchev–Trinajstić information content (AvgIpc) is 2.91. The Kier molecular flexibility index (Phi) is 12.1. The summed E-state index contributed by atoms with van der Waals surface area (Å²) >= 11 is 5.95. The summed E-state index contributed by atoms with van der Waals surface area (Å²) in [5.41, 5.74) is 0.392. The first-order valence-electron chi connectivity index (χ1n) is 12.7. The fourth-order valence-corrected chi connectivity index (χ4v) is 4.40. The quantitative estimate of drug-likeness (QED) is 0.255. The third-order valence-electron chi connectivity index (χ3n) is 6.56. The number of hydrogen-bond donors (Lipinski definition) is 2. The number of amides is 1. The van der Waals surface area contributed by atoms with Crippen LogP contribution in [0.2, 0.25) is 5.02 Å². The lowest BCUT2D eigenvalue weighted by molar-refractivity contribution is -0.177. The van der Waals surface area contributed by atoms with Gasteiger partial charge in [-0.2, -0.15) is 13.2 Å². The molecule has 0 saturated carbocycles. The molecule has 8 nitrogen and oxygen atoms in total. The van der Waals surface area contributed by atoms with E-state index in [0.29, 0.717) is 5.75 Å². The van der Waals surface area contributed by atoms with Gasteiger partial charge >= 0.3 is 12.1 Å². The van der Waals surface area contributed by atoms with Gasteiger partial charge in [-0.15, -0.1) is 0 Å². The second-order valence-electron chi connectivity index (χ2n) is 9.86. The number of Topliss-reactive ketones (excluding diaryl/α,β-unsaturated/α-hetero) is 3. The van der Waals surface area contributed by atoms with Crippen LogP contribution in [-0.4, -0.2) is 47.6 Å². The SMILES string of the molecule is COc1ccc([C@H](NC(=O)[C@H](CCC(=O)O)CC(=O)c2cccc(Cl)c2)C(=O)C[C@H](C(=O)C(F)(F)F)C(C)C)cc1. The Morgan fingerprint density at radius 2 is 1.63 bits per heavy atom. The van der Waals surface area contributed by atoms with Crippen LogP contribution in [0, 0.1) is 17.8 Å². The van der Waals surface area contributed by atoms with Gasteiger partial charge in [-0.1, -0.05) is 49.7 Å². The van der Waals surface area contributed by atoms with E-state index in [0.717, 1.165) is 0 Å². The van der Waals surface area contributed by atoms with Gasteiger partial charge in [-0.3, -0.25) is 24.0 Å². The van der Waals surface area contributed by atoms with Crippen LogP contribution in [0.5, 0.6) is 5.75 Å². The molecule has 2 aromatic carbocycles. The van der Waals surface area contributed by atoms with Crippen molar-refractivity contribution in [1.82, 2.24) is 5.32 Å². The molecule has 0 radical (unpaired) electrons. The zero-order valence-corrected chi connectivity index (χ0v) is 23.4. The minimum Gasteiger partial charge on any atom is -0.497 e. The average molecular weight is 598 g/mol. The van der Waals surface area contributed by atoms with Crippen LogP contribution >= 0.6 is 11.6 Å². The number of nitrogens with one attached hydrogen (secondary N) is 1. The van der Waals surface area contributed by atoms with Crippen LogP contribution in [0.1, 0.15) is 61.5 Å². The summed E-state index contributed by atoms with van der Waals surface area (Å²) in [7, 11) is 1.40. The maximum atomic E-state index is 13.4. The molecular formula is C29H31ClF3NO7. The molecule has 0 aromatic heterocycles. The van der Waals surface area contributed by atoms with E-state index in [9.17, 15) is 42.3 Å². The van der Waals surface area contributed by atoms with Crippen molar-refractivity contribution in [2.24, 2.45) is 17.8 Å². The Labute approximate surface area is 240 Å². The first-order valence-corrected chi connectivity index (χ1v) is 13.1. The Morgan fingerprint density at radius 1 is 1.00 bits per heavy atom. The number of benzene rings is 2. The summed E-state index contributed by atoms with van der Waals surface area (Å²) in [5, 5.41) is 11.9. The number of aliphatic carboxylic acids is 1. The molecule has 1 amide bonds. The highest BCUT2D eigenvalue weighted by molar-refractivity contribution is 6.31. The Hall–Kier alpha value is -3.73. The molecule has 2 aromatic rings. The van der Waals surface area contributed by atoms with Crippen LogP contribution in [0.3, 0.4) is 0 Å². The van der Waals surface area contributed by atoms with Crippen molar-refractivity contribution < 1.29 is 47.0 Å². The number of ether oxygens (including phenoxy) is 1. The number of carbonyl (C=O) groups is 5. The van der Waals surface area contributed by atoms with E-state index >= 15 is 0 Å². The van der Waals surface area contributed by atoms with Gasteiger partial charge in [0.05, 0.1) is 7.11 Å². The number of alkyl halides is 3. The summed E-state index contributed by atoms with van der Waals surface area (Å²) in [5.74, 6) is -8.78. The van der Waals surface area contributed by atoms with Crippen molar-refractivity contribution in [1.29, 1.82) is 0 Å². The molecule has 0 aliphatic rings. The maximum Gasteiger partial charge on any atom is 0.450 e. The molecule has 0 fully saturated rings. The van der Waals surface area contributed by atoms with E-state index in [1.54, 1.807) is 6.07 Å². The first-order chi connectivity index (χ1) is 19.1. The smallest absolute Gasteiger partial charge is 0.450 e. The second kappa shape index (κ2) is 14.8. The highest BCUT2D eigenvalue weighted by Crippen LogP contribution is 2.31. The van der Waals surface area contributed by atoms with Crippen molar-refractivity contribution >= 4 is 40.8 Å². The van der Waals surface area contributed by atoms with Gasteiger partial charge < -0.3 is 15.2 Å². The number of rotatable bonds is 15. The molecule has 12 heteroatoms. The second-order valence-corrected chi connectivity index (χ2v) is 10.3. The lowest BCUT2D eigenvalue weighted by Crippen LogP contribution is -2.41. The molecular weight excluding hydrogens is 567 g/mol. The van der Waals surface area contributed by atoms with Crippen LogP contribution in [0.4, 0.5) is 13.2 Å². The van der Waals surface area contributed by atoms with Gasteiger partial charge in [-0.05, 0) is 42.2 Å². The lowest BCUT2D eigenvalue weighted by atomic mass is 9.84. The predicted octanol–water partition coefficient (Wildman–Crippen LogP) is 5.62. The van der Waals surface area contributed by atoms with E-state index in [1.807, 2.05) is 0 Å². The minimum absolute atomic E-state index is 0.193. The van der Waals surface area contributed by atoms with Crippen molar-refractivity contribution in [3.8, 4) is 5.75 Å². The van der Waals surface area contributed by atoms with Gasteiger partial charge in [-0.25, -0.2) is 0 Å². The van der Waals surface area contributed by atoms with Crippen LogP contribution in [-0.2, 0) is 19.2 Å². The third-order valence-corrected chi connectivity index (χ3v) is 6.79. The zero-order valence-electron chi connectivity index (χ0n) is 22.7. The van der Waals surface area contributed by atoms with Crippen molar-refractivity contribution in [2.45, 2.75) is 51.7 Å². The molecule has 0 spiro atoms. The minimum atomic E-state index is -5.16. The van der Waals surface area contributed by atoms with Crippen LogP contribution in [0.15, 0.2) is 48.5 Å². The summed E-state index contributed by atoms with van der Waals surface area (Å²) in [6, 6.07) is 10.3. The summed E-state index contributed by atoms with van der Waals surface area (Å²) in [6.07, 6.45) is -7.09. The molecule has 222 valence electrons. The summed E-state index contributed by atoms with van der Waals surface area (Å²) < 4.78 is 44.8. The topological polar surface area (TPSA) is 127 Å². The molecule has 0 aliphatic heterocycles. The lowest BCUT2D eigenvalue weighted by Gasteiger charge is -2.25. The zero-order chi connectivity index (χ0) is 30.9. The summed E-state index contributed by atoms with van der Waals surface area (Å²) in [6.45, 7) is 2.76. The highest BCUT2D eigenvalue weighted by Gasteiger charge is 2.45. The fraction of sp³-hybridized carbons (Fsp3) is 0.414. The van der Waals surface area contributed by atoms with Crippen LogP contribution < -0.4 is 10.1 Å². The molecule has 0 bridgehead atoms. The Bertz CT molecular complexity index is 1260. The monoisotopic (exact) mass is 597 g/mol. The van der Waals surface area contributed by atoms with Crippen molar-refractivity contribution in [2.75, 3.05) is 7.11 Å². The van der Waals surface area contributed by atoms with Crippen LogP contribution in [0.25, 0.3) is 0 Å². The third kappa shape index (κ3) is 10.00.